The van der Waals surface area contributed by atoms with Crippen molar-refractivity contribution < 1.29 is 14.3 Å². The highest BCUT2D eigenvalue weighted by atomic mass is 16.5. The van der Waals surface area contributed by atoms with E-state index in [1.807, 2.05) is 50.2 Å². The Balaban J connectivity index is 1.86. The van der Waals surface area contributed by atoms with Crippen molar-refractivity contribution in [2.24, 2.45) is 5.92 Å². The number of carbonyl (C=O) groups excluding carboxylic acids is 2. The number of ether oxygens (including phenoxy) is 1. The molecule has 7 nitrogen and oxygen atoms in total. The minimum Gasteiger partial charge on any atom is -0.467 e. The van der Waals surface area contributed by atoms with Gasteiger partial charge in [-0.05, 0) is 37.5 Å². The Kier molecular flexibility index (Phi) is 5.73. The number of esters is 1. The first-order chi connectivity index (χ1) is 13.4. The Hall–Kier alpha value is -3.22. The molecule has 2 aromatic heterocycles. The first-order valence-corrected chi connectivity index (χ1v) is 9.20. The SMILES string of the molecule is COC(=O)C(CC(C)C)NC(=O)c1cnn(-c2ccc3ccccc3n2)c1C. The summed E-state index contributed by atoms with van der Waals surface area (Å²) in [6.07, 6.45) is 1.99. The number of carbonyl (C=O) groups is 2. The second-order valence-corrected chi connectivity index (χ2v) is 7.10. The van der Waals surface area contributed by atoms with E-state index < -0.39 is 12.0 Å². The molecule has 0 saturated carbocycles. The van der Waals surface area contributed by atoms with Crippen molar-refractivity contribution in [3.05, 3.63) is 53.9 Å². The zero-order valence-corrected chi connectivity index (χ0v) is 16.5. The van der Waals surface area contributed by atoms with Crippen LogP contribution >= 0.6 is 0 Å². The van der Waals surface area contributed by atoms with E-state index >= 15 is 0 Å². The number of amides is 1. The van der Waals surface area contributed by atoms with Gasteiger partial charge in [0.05, 0.1) is 30.1 Å². The van der Waals surface area contributed by atoms with Crippen LogP contribution in [0.4, 0.5) is 0 Å². The lowest BCUT2D eigenvalue weighted by Gasteiger charge is -2.18. The quantitative estimate of drug-likeness (QED) is 0.664. The Labute approximate surface area is 163 Å². The van der Waals surface area contributed by atoms with E-state index in [2.05, 4.69) is 15.4 Å². The standard InChI is InChI=1S/C21H24N4O3/c1-13(2)11-18(21(27)28-4)24-20(26)16-12-22-25(14(16)3)19-10-9-15-7-5-6-8-17(15)23-19/h5-10,12-13,18H,11H2,1-4H3,(H,24,26). The van der Waals surface area contributed by atoms with Crippen LogP contribution in [0, 0.1) is 12.8 Å². The van der Waals surface area contributed by atoms with Crippen molar-refractivity contribution in [2.45, 2.75) is 33.2 Å². The summed E-state index contributed by atoms with van der Waals surface area (Å²) in [5.41, 5.74) is 1.89. The van der Waals surface area contributed by atoms with Crippen LogP contribution in [0.1, 0.15) is 36.3 Å². The lowest BCUT2D eigenvalue weighted by Crippen LogP contribution is -2.42. The largest absolute Gasteiger partial charge is 0.467 e. The predicted molar refractivity (Wildman–Crippen MR) is 106 cm³/mol. The molecule has 3 aromatic rings. The number of hydrogen-bond donors (Lipinski definition) is 1. The Bertz CT molecular complexity index is 1010. The van der Waals surface area contributed by atoms with E-state index in [4.69, 9.17) is 4.74 Å². The minimum atomic E-state index is -0.695. The summed E-state index contributed by atoms with van der Waals surface area (Å²) >= 11 is 0. The molecule has 146 valence electrons. The zero-order chi connectivity index (χ0) is 20.3. The Morgan fingerprint density at radius 3 is 2.64 bits per heavy atom. The van der Waals surface area contributed by atoms with E-state index in [1.54, 1.807) is 11.6 Å². The summed E-state index contributed by atoms with van der Waals surface area (Å²) in [7, 11) is 1.32. The molecule has 7 heteroatoms. The fourth-order valence-electron chi connectivity index (χ4n) is 3.10. The summed E-state index contributed by atoms with van der Waals surface area (Å²) in [4.78, 5) is 29.3. The van der Waals surface area contributed by atoms with Crippen LogP contribution in [0.25, 0.3) is 16.7 Å². The van der Waals surface area contributed by atoms with Crippen molar-refractivity contribution in [3.63, 3.8) is 0 Å². The van der Waals surface area contributed by atoms with Crippen LogP contribution in [0.3, 0.4) is 0 Å². The molecule has 1 atom stereocenters. The number of fused-ring (bicyclic) bond motifs is 1. The third kappa shape index (κ3) is 4.03. The molecule has 1 amide bonds. The molecule has 0 spiro atoms. The second-order valence-electron chi connectivity index (χ2n) is 7.10. The second kappa shape index (κ2) is 8.21. The molecule has 0 saturated heterocycles. The minimum absolute atomic E-state index is 0.231. The highest BCUT2D eigenvalue weighted by molar-refractivity contribution is 5.97. The van der Waals surface area contributed by atoms with Gasteiger partial charge in [-0.25, -0.2) is 14.5 Å². The summed E-state index contributed by atoms with van der Waals surface area (Å²) in [5, 5.41) is 8.12. The maximum Gasteiger partial charge on any atom is 0.328 e. The zero-order valence-electron chi connectivity index (χ0n) is 16.5. The number of nitrogens with one attached hydrogen (secondary N) is 1. The van der Waals surface area contributed by atoms with Gasteiger partial charge in [-0.1, -0.05) is 32.0 Å². The molecule has 0 radical (unpaired) electrons. The lowest BCUT2D eigenvalue weighted by atomic mass is 10.0. The molecule has 0 aliphatic heterocycles. The number of benzene rings is 1. The molecule has 0 aliphatic rings. The third-order valence-electron chi connectivity index (χ3n) is 4.55. The van der Waals surface area contributed by atoms with Crippen molar-refractivity contribution in [1.29, 1.82) is 0 Å². The highest BCUT2D eigenvalue weighted by Crippen LogP contribution is 2.17. The molecule has 1 aromatic carbocycles. The number of para-hydroxylation sites is 1. The van der Waals surface area contributed by atoms with E-state index in [0.717, 1.165) is 10.9 Å². The molecular weight excluding hydrogens is 356 g/mol. The number of nitrogens with zero attached hydrogens (tertiary/aromatic N) is 3. The van der Waals surface area contributed by atoms with E-state index in [9.17, 15) is 9.59 Å². The van der Waals surface area contributed by atoms with Crippen molar-refractivity contribution in [1.82, 2.24) is 20.1 Å². The molecule has 3 rings (SSSR count). The number of aromatic nitrogens is 3. The fourth-order valence-corrected chi connectivity index (χ4v) is 3.10. The molecule has 0 fully saturated rings. The first-order valence-electron chi connectivity index (χ1n) is 9.20. The van der Waals surface area contributed by atoms with Crippen LogP contribution in [0.2, 0.25) is 0 Å². The fraction of sp³-hybridized carbons (Fsp3) is 0.333. The van der Waals surface area contributed by atoms with Crippen LogP contribution in [-0.2, 0) is 9.53 Å². The van der Waals surface area contributed by atoms with E-state index in [0.29, 0.717) is 23.5 Å². The average molecular weight is 380 g/mol. The summed E-state index contributed by atoms with van der Waals surface area (Å²) in [5.74, 6) is 0.0425. The number of rotatable bonds is 6. The normalized spacial score (nSPS) is 12.2. The van der Waals surface area contributed by atoms with Gasteiger partial charge in [0.1, 0.15) is 6.04 Å². The van der Waals surface area contributed by atoms with Crippen LogP contribution in [0.5, 0.6) is 0 Å². The van der Waals surface area contributed by atoms with E-state index in [1.165, 1.54) is 13.3 Å². The van der Waals surface area contributed by atoms with Gasteiger partial charge in [0.2, 0.25) is 0 Å². The smallest absolute Gasteiger partial charge is 0.328 e. The highest BCUT2D eigenvalue weighted by Gasteiger charge is 2.25. The van der Waals surface area contributed by atoms with Crippen LogP contribution < -0.4 is 5.32 Å². The summed E-state index contributed by atoms with van der Waals surface area (Å²) in [6.45, 7) is 5.77. The topological polar surface area (TPSA) is 86.1 Å². The van der Waals surface area contributed by atoms with Crippen LogP contribution in [-0.4, -0.2) is 39.8 Å². The lowest BCUT2D eigenvalue weighted by molar-refractivity contribution is -0.143. The van der Waals surface area contributed by atoms with Gasteiger partial charge in [0, 0.05) is 5.39 Å². The van der Waals surface area contributed by atoms with Gasteiger partial charge in [0.15, 0.2) is 5.82 Å². The van der Waals surface area contributed by atoms with Crippen molar-refractivity contribution in [3.8, 4) is 5.82 Å². The monoisotopic (exact) mass is 380 g/mol. The predicted octanol–water partition coefficient (Wildman–Crippen LogP) is 3.05. The van der Waals surface area contributed by atoms with Gasteiger partial charge < -0.3 is 10.1 Å². The van der Waals surface area contributed by atoms with Crippen molar-refractivity contribution >= 4 is 22.8 Å². The Morgan fingerprint density at radius 1 is 1.18 bits per heavy atom. The van der Waals surface area contributed by atoms with Gasteiger partial charge >= 0.3 is 5.97 Å². The first kappa shape index (κ1) is 19.5. The molecule has 2 heterocycles. The Morgan fingerprint density at radius 2 is 1.93 bits per heavy atom. The van der Waals surface area contributed by atoms with Gasteiger partial charge in [-0.2, -0.15) is 5.10 Å². The third-order valence-corrected chi connectivity index (χ3v) is 4.55. The number of methoxy groups -OCH3 is 1. The summed E-state index contributed by atoms with van der Waals surface area (Å²) < 4.78 is 6.43. The van der Waals surface area contributed by atoms with Gasteiger partial charge in [-0.15, -0.1) is 0 Å². The molecule has 0 aliphatic carbocycles. The molecule has 0 bridgehead atoms. The maximum atomic E-state index is 12.7. The van der Waals surface area contributed by atoms with Crippen molar-refractivity contribution in [2.75, 3.05) is 7.11 Å². The number of pyridine rings is 1. The summed E-state index contributed by atoms with van der Waals surface area (Å²) in [6, 6.07) is 10.9. The maximum absolute atomic E-state index is 12.7. The van der Waals surface area contributed by atoms with Gasteiger partial charge in [0.25, 0.3) is 5.91 Å². The molecule has 1 unspecified atom stereocenters. The molecule has 1 N–H and O–H groups in total. The van der Waals surface area contributed by atoms with Gasteiger partial charge in [-0.3, -0.25) is 4.79 Å². The molecular formula is C21H24N4O3. The molecule has 28 heavy (non-hydrogen) atoms. The average Bonchev–Trinajstić information content (AvgIpc) is 3.07. The van der Waals surface area contributed by atoms with E-state index in [-0.39, 0.29) is 11.8 Å². The number of hydrogen-bond acceptors (Lipinski definition) is 5. The van der Waals surface area contributed by atoms with Crippen LogP contribution in [0.15, 0.2) is 42.6 Å².